The summed E-state index contributed by atoms with van der Waals surface area (Å²) < 4.78 is 0. The third kappa shape index (κ3) is 4.34. The number of carbonyl (C=O) groups is 1. The van der Waals surface area contributed by atoms with Crippen molar-refractivity contribution in [2.24, 2.45) is 0 Å². The van der Waals surface area contributed by atoms with Crippen LogP contribution in [0.4, 0.5) is 0 Å². The Balaban J connectivity index is 5.15. The molecule has 1 N–H and O–H groups in total. The van der Waals surface area contributed by atoms with Crippen LogP contribution < -0.4 is 0 Å². The van der Waals surface area contributed by atoms with E-state index in [2.05, 4.69) is 0 Å². The Morgan fingerprint density at radius 3 is 2.25 bits per heavy atom. The molecule has 0 bridgehead atoms. The molecular formula is C13H21NO2. The van der Waals surface area contributed by atoms with Gasteiger partial charge in [0.1, 0.15) is 5.76 Å². The van der Waals surface area contributed by atoms with E-state index in [0.29, 0.717) is 5.57 Å². The second-order valence-electron chi connectivity index (χ2n) is 3.79. The van der Waals surface area contributed by atoms with Crippen LogP contribution in [0.2, 0.25) is 0 Å². The van der Waals surface area contributed by atoms with Crippen LogP contribution in [0.25, 0.3) is 0 Å². The highest BCUT2D eigenvalue weighted by atomic mass is 16.3. The Morgan fingerprint density at radius 2 is 1.88 bits per heavy atom. The lowest BCUT2D eigenvalue weighted by molar-refractivity contribution is -0.124. The number of amides is 1. The summed E-state index contributed by atoms with van der Waals surface area (Å²) in [5.41, 5.74) is 1.65. The second kappa shape index (κ2) is 6.88. The zero-order chi connectivity index (χ0) is 12.7. The van der Waals surface area contributed by atoms with Gasteiger partial charge in [0.25, 0.3) is 5.91 Å². The molecule has 0 aliphatic heterocycles. The molecule has 0 aromatic carbocycles. The van der Waals surface area contributed by atoms with Gasteiger partial charge >= 0.3 is 0 Å². The lowest BCUT2D eigenvalue weighted by Crippen LogP contribution is -2.23. The van der Waals surface area contributed by atoms with E-state index < -0.39 is 0 Å². The summed E-state index contributed by atoms with van der Waals surface area (Å²) in [7, 11) is 3.43. The van der Waals surface area contributed by atoms with Gasteiger partial charge in [-0.2, -0.15) is 0 Å². The second-order valence-corrected chi connectivity index (χ2v) is 3.79. The summed E-state index contributed by atoms with van der Waals surface area (Å²) in [6.07, 6.45) is 5.60. The highest BCUT2D eigenvalue weighted by Gasteiger charge is 2.11. The monoisotopic (exact) mass is 223 g/mol. The quantitative estimate of drug-likeness (QED) is 0.452. The number of aliphatic hydroxyl groups excluding tert-OH is 1. The Bertz CT molecular complexity index is 336. The van der Waals surface area contributed by atoms with Crippen LogP contribution in [-0.4, -0.2) is 30.0 Å². The number of nitrogens with zero attached hydrogens (tertiary/aromatic N) is 1. The minimum atomic E-state index is -0.0421. The van der Waals surface area contributed by atoms with Crippen molar-refractivity contribution in [1.82, 2.24) is 4.90 Å². The summed E-state index contributed by atoms with van der Waals surface area (Å²) >= 11 is 0. The zero-order valence-corrected chi connectivity index (χ0v) is 10.7. The molecule has 0 saturated carbocycles. The lowest BCUT2D eigenvalue weighted by Gasteiger charge is -2.13. The third-order valence-corrected chi connectivity index (χ3v) is 2.34. The summed E-state index contributed by atoms with van der Waals surface area (Å²) in [5.74, 6) is 0.118. The number of hydrogen-bond donors (Lipinski definition) is 1. The van der Waals surface area contributed by atoms with Crippen LogP contribution in [-0.2, 0) is 4.79 Å². The van der Waals surface area contributed by atoms with Gasteiger partial charge in [-0.25, -0.2) is 0 Å². The van der Waals surface area contributed by atoms with Crippen LogP contribution in [0.3, 0.4) is 0 Å². The normalized spacial score (nSPS) is 13.9. The summed E-state index contributed by atoms with van der Waals surface area (Å²) in [6.45, 7) is 5.67. The molecule has 0 unspecified atom stereocenters. The maximum atomic E-state index is 11.9. The maximum Gasteiger partial charge on any atom is 0.253 e. The summed E-state index contributed by atoms with van der Waals surface area (Å²) in [6, 6.07) is 0. The van der Waals surface area contributed by atoms with Crippen LogP contribution >= 0.6 is 0 Å². The molecule has 0 rings (SSSR count). The average molecular weight is 223 g/mol. The standard InChI is InChI=1S/C13H21NO2/c1-6-10(3)12(13(16)14(4)5)9-8-11(15)7-2/h7-9,15H,6H2,1-5H3/b9-8-,11-7+,12-10?. The van der Waals surface area contributed by atoms with Gasteiger partial charge < -0.3 is 10.0 Å². The van der Waals surface area contributed by atoms with Crippen molar-refractivity contribution >= 4 is 5.91 Å². The number of aliphatic hydroxyl groups is 1. The van der Waals surface area contributed by atoms with Gasteiger partial charge in [-0.15, -0.1) is 0 Å². The number of allylic oxidation sites excluding steroid dienone is 3. The molecule has 0 aromatic rings. The van der Waals surface area contributed by atoms with Gasteiger partial charge in [-0.3, -0.25) is 4.79 Å². The minimum Gasteiger partial charge on any atom is -0.508 e. The van der Waals surface area contributed by atoms with Crippen molar-refractivity contribution in [3.8, 4) is 0 Å². The fourth-order valence-corrected chi connectivity index (χ4v) is 1.09. The molecule has 0 saturated heterocycles. The van der Waals surface area contributed by atoms with Crippen molar-refractivity contribution in [2.45, 2.75) is 27.2 Å². The van der Waals surface area contributed by atoms with E-state index in [4.69, 9.17) is 0 Å². The van der Waals surface area contributed by atoms with Gasteiger partial charge in [-0.1, -0.05) is 12.5 Å². The highest BCUT2D eigenvalue weighted by molar-refractivity contribution is 5.96. The predicted molar refractivity (Wildman–Crippen MR) is 67.2 cm³/mol. The Hall–Kier alpha value is -1.51. The molecule has 3 nitrogen and oxygen atoms in total. The van der Waals surface area contributed by atoms with Gasteiger partial charge in [-0.05, 0) is 38.5 Å². The largest absolute Gasteiger partial charge is 0.508 e. The van der Waals surface area contributed by atoms with Crippen LogP contribution in [0.15, 0.2) is 35.1 Å². The maximum absolute atomic E-state index is 11.9. The third-order valence-electron chi connectivity index (χ3n) is 2.34. The summed E-state index contributed by atoms with van der Waals surface area (Å²) in [4.78, 5) is 13.4. The van der Waals surface area contributed by atoms with Gasteiger partial charge in [0.15, 0.2) is 0 Å². The van der Waals surface area contributed by atoms with Crippen molar-refractivity contribution in [3.05, 3.63) is 35.1 Å². The van der Waals surface area contributed by atoms with Gasteiger partial charge in [0.2, 0.25) is 0 Å². The van der Waals surface area contributed by atoms with Crippen molar-refractivity contribution in [1.29, 1.82) is 0 Å². The smallest absolute Gasteiger partial charge is 0.253 e. The zero-order valence-electron chi connectivity index (χ0n) is 10.7. The fourth-order valence-electron chi connectivity index (χ4n) is 1.09. The minimum absolute atomic E-state index is 0.0421. The lowest BCUT2D eigenvalue weighted by atomic mass is 10.1. The number of carbonyl (C=O) groups excluding carboxylic acids is 1. The first-order chi connectivity index (χ1) is 7.43. The predicted octanol–water partition coefficient (Wildman–Crippen LogP) is 2.82. The SMILES string of the molecule is C/C=C(O)\C=C/C(C(=O)N(C)C)=C(C)CC. The van der Waals surface area contributed by atoms with E-state index in [-0.39, 0.29) is 11.7 Å². The topological polar surface area (TPSA) is 40.5 Å². The van der Waals surface area contributed by atoms with E-state index in [1.807, 2.05) is 13.8 Å². The van der Waals surface area contributed by atoms with Gasteiger partial charge in [0.05, 0.1) is 0 Å². The first-order valence-electron chi connectivity index (χ1n) is 5.38. The van der Waals surface area contributed by atoms with E-state index in [1.54, 1.807) is 33.2 Å². The number of likely N-dealkylation sites (N-methyl/N-ethyl adjacent to an activating group) is 1. The first-order valence-corrected chi connectivity index (χ1v) is 5.38. The van der Waals surface area contributed by atoms with Gasteiger partial charge in [0, 0.05) is 19.7 Å². The van der Waals surface area contributed by atoms with E-state index >= 15 is 0 Å². The number of hydrogen-bond acceptors (Lipinski definition) is 2. The molecular weight excluding hydrogens is 202 g/mol. The van der Waals surface area contributed by atoms with Crippen molar-refractivity contribution in [2.75, 3.05) is 14.1 Å². The number of rotatable bonds is 4. The molecule has 0 spiro atoms. The van der Waals surface area contributed by atoms with Crippen LogP contribution in [0.5, 0.6) is 0 Å². The van der Waals surface area contributed by atoms with E-state index in [1.165, 1.54) is 11.0 Å². The molecule has 0 aromatic heterocycles. The Labute approximate surface area is 97.8 Å². The molecule has 0 atom stereocenters. The van der Waals surface area contributed by atoms with E-state index in [0.717, 1.165) is 12.0 Å². The molecule has 0 aliphatic rings. The molecule has 0 heterocycles. The van der Waals surface area contributed by atoms with Crippen LogP contribution in [0, 0.1) is 0 Å². The molecule has 3 heteroatoms. The van der Waals surface area contributed by atoms with E-state index in [9.17, 15) is 9.90 Å². The molecule has 0 radical (unpaired) electrons. The highest BCUT2D eigenvalue weighted by Crippen LogP contribution is 2.12. The van der Waals surface area contributed by atoms with Crippen LogP contribution in [0.1, 0.15) is 27.2 Å². The summed E-state index contributed by atoms with van der Waals surface area (Å²) in [5, 5.41) is 9.31. The molecule has 1 amide bonds. The first kappa shape index (κ1) is 14.5. The van der Waals surface area contributed by atoms with Crippen molar-refractivity contribution < 1.29 is 9.90 Å². The molecule has 90 valence electrons. The Morgan fingerprint density at radius 1 is 1.31 bits per heavy atom. The fraction of sp³-hybridized carbons (Fsp3) is 0.462. The molecule has 0 aliphatic carbocycles. The Kier molecular flexibility index (Phi) is 6.23. The average Bonchev–Trinajstić information content (AvgIpc) is 2.27. The molecule has 0 fully saturated rings. The van der Waals surface area contributed by atoms with Crippen molar-refractivity contribution in [3.63, 3.8) is 0 Å². The molecule has 16 heavy (non-hydrogen) atoms.